The van der Waals surface area contributed by atoms with E-state index in [0.717, 1.165) is 78.0 Å². The van der Waals surface area contributed by atoms with Gasteiger partial charge in [0.25, 0.3) is 0 Å². The third-order valence-electron chi connectivity index (χ3n) is 7.02. The maximum absolute atomic E-state index is 11.8. The fraction of sp³-hybridized carbons (Fsp3) is 0.432. The lowest BCUT2D eigenvalue weighted by Crippen LogP contribution is -2.33. The van der Waals surface area contributed by atoms with Crippen LogP contribution >= 0.6 is 0 Å². The smallest absolute Gasteiger partial charge is 0.407 e. The first kappa shape index (κ1) is 35.3. The minimum atomic E-state index is -0.484. The quantitative estimate of drug-likeness (QED) is 0.111. The van der Waals surface area contributed by atoms with Crippen molar-refractivity contribution in [1.29, 1.82) is 0 Å². The number of rotatable bonds is 11. The van der Waals surface area contributed by atoms with Crippen LogP contribution in [0.25, 0.3) is 44.2 Å². The number of fused-ring (bicyclic) bond motifs is 2. The Kier molecular flexibility index (Phi) is 13.6. The molecule has 5 N–H and O–H groups in total. The van der Waals surface area contributed by atoms with Crippen molar-refractivity contribution in [2.45, 2.75) is 92.6 Å². The van der Waals surface area contributed by atoms with Gasteiger partial charge in [-0.3, -0.25) is 0 Å². The number of aromatic nitrogens is 4. The van der Waals surface area contributed by atoms with E-state index in [9.17, 15) is 4.79 Å². The van der Waals surface area contributed by atoms with Crippen molar-refractivity contribution in [2.24, 2.45) is 5.73 Å². The number of benzene rings is 3. The lowest BCUT2D eigenvalue weighted by Gasteiger charge is -2.19. The van der Waals surface area contributed by atoms with Crippen LogP contribution in [0.3, 0.4) is 0 Å². The molecule has 242 valence electrons. The van der Waals surface area contributed by atoms with E-state index in [1.165, 1.54) is 16.3 Å². The molecule has 8 heteroatoms. The third kappa shape index (κ3) is 10.5. The van der Waals surface area contributed by atoms with Gasteiger partial charge in [0, 0.05) is 24.9 Å². The van der Waals surface area contributed by atoms with Crippen molar-refractivity contribution in [3.05, 3.63) is 72.4 Å². The zero-order valence-corrected chi connectivity index (χ0v) is 28.2. The fourth-order valence-corrected chi connectivity index (χ4v) is 4.95. The van der Waals surface area contributed by atoms with Crippen molar-refractivity contribution < 1.29 is 9.53 Å². The second-order valence-electron chi connectivity index (χ2n) is 11.6. The fourth-order valence-electron chi connectivity index (χ4n) is 4.95. The van der Waals surface area contributed by atoms with Crippen LogP contribution in [-0.2, 0) is 17.6 Å². The van der Waals surface area contributed by atoms with E-state index in [1.54, 1.807) is 0 Å². The molecule has 5 rings (SSSR count). The van der Waals surface area contributed by atoms with Gasteiger partial charge in [0.05, 0.1) is 22.9 Å². The van der Waals surface area contributed by atoms with Gasteiger partial charge in [-0.15, -0.1) is 0 Å². The summed E-state index contributed by atoms with van der Waals surface area (Å²) in [7, 11) is 0. The number of ether oxygens (including phenoxy) is 1. The van der Waals surface area contributed by atoms with Gasteiger partial charge in [-0.1, -0.05) is 58.0 Å². The molecule has 3 aromatic carbocycles. The van der Waals surface area contributed by atoms with Gasteiger partial charge < -0.3 is 25.8 Å². The molecule has 0 bridgehead atoms. The summed E-state index contributed by atoms with van der Waals surface area (Å²) in [6.45, 7) is 14.9. The lowest BCUT2D eigenvalue weighted by atomic mass is 9.99. The first-order chi connectivity index (χ1) is 21.8. The summed E-state index contributed by atoms with van der Waals surface area (Å²) in [6, 6.07) is 19.5. The Morgan fingerprint density at radius 2 is 1.44 bits per heavy atom. The number of hydrogen-bond donors (Lipinski definition) is 4. The number of nitrogens with one attached hydrogen (secondary N) is 3. The van der Waals surface area contributed by atoms with E-state index in [2.05, 4.69) is 74.9 Å². The molecule has 5 aromatic rings. The van der Waals surface area contributed by atoms with E-state index in [1.807, 2.05) is 54.7 Å². The Bertz CT molecular complexity index is 1630. The lowest BCUT2D eigenvalue weighted by molar-refractivity contribution is 0.0527. The van der Waals surface area contributed by atoms with Gasteiger partial charge in [-0.05, 0) is 99.2 Å². The molecule has 0 aliphatic carbocycles. The minimum absolute atomic E-state index is 0.373. The molecular weight excluding hydrogens is 560 g/mol. The molecule has 45 heavy (non-hydrogen) atoms. The molecule has 0 spiro atoms. The second-order valence-corrected chi connectivity index (χ2v) is 11.6. The van der Waals surface area contributed by atoms with Crippen LogP contribution in [0.15, 0.2) is 60.8 Å². The molecule has 2 heterocycles. The monoisotopic (exact) mass is 612 g/mol. The Morgan fingerprint density at radius 3 is 2.18 bits per heavy atom. The largest absolute Gasteiger partial charge is 0.444 e. The first-order valence-electron chi connectivity index (χ1n) is 16.5. The summed E-state index contributed by atoms with van der Waals surface area (Å²) in [6.07, 6.45) is 7.09. The first-order valence-corrected chi connectivity index (χ1v) is 16.5. The number of carbonyl (C=O) groups is 1. The number of nitrogens with two attached hydrogens (primary N) is 1. The molecule has 2 aromatic heterocycles. The van der Waals surface area contributed by atoms with Crippen LogP contribution in [0.1, 0.15) is 85.8 Å². The highest BCUT2D eigenvalue weighted by molar-refractivity contribution is 5.91. The van der Waals surface area contributed by atoms with E-state index in [-0.39, 0.29) is 6.09 Å². The summed E-state index contributed by atoms with van der Waals surface area (Å²) in [5.41, 5.74) is 11.6. The average molecular weight is 613 g/mol. The van der Waals surface area contributed by atoms with E-state index < -0.39 is 5.60 Å². The maximum atomic E-state index is 11.8. The molecule has 0 saturated heterocycles. The van der Waals surface area contributed by atoms with Gasteiger partial charge >= 0.3 is 6.09 Å². The van der Waals surface area contributed by atoms with Crippen LogP contribution in [-0.4, -0.2) is 44.7 Å². The average Bonchev–Trinajstić information content (AvgIpc) is 3.68. The van der Waals surface area contributed by atoms with Crippen molar-refractivity contribution in [1.82, 2.24) is 25.3 Å². The molecular formula is C37H52N6O2. The number of alkyl carbamates (subject to hydrolysis) is 1. The number of nitrogens with zero attached hydrogens (tertiary/aromatic N) is 2. The third-order valence-corrected chi connectivity index (χ3v) is 7.02. The van der Waals surface area contributed by atoms with Crippen molar-refractivity contribution >= 4 is 27.9 Å². The van der Waals surface area contributed by atoms with Crippen molar-refractivity contribution in [2.75, 3.05) is 13.1 Å². The summed E-state index contributed by atoms with van der Waals surface area (Å²) < 4.78 is 5.27. The van der Waals surface area contributed by atoms with Crippen LogP contribution in [0.4, 0.5) is 4.79 Å². The Morgan fingerprint density at radius 1 is 0.800 bits per heavy atom. The highest BCUT2D eigenvalue weighted by atomic mass is 16.6. The normalized spacial score (nSPS) is 11.0. The number of aryl methyl sites for hydroxylation is 2. The Balaban J connectivity index is 0.00000133. The van der Waals surface area contributed by atoms with Crippen LogP contribution < -0.4 is 11.1 Å². The Labute approximate surface area is 268 Å². The number of H-pyrrole nitrogens is 2. The van der Waals surface area contributed by atoms with Crippen LogP contribution in [0.2, 0.25) is 0 Å². The number of imidazole rings is 2. The van der Waals surface area contributed by atoms with E-state index in [4.69, 9.17) is 15.5 Å². The Hall–Kier alpha value is -4.17. The molecule has 0 radical (unpaired) electrons. The summed E-state index contributed by atoms with van der Waals surface area (Å²) in [4.78, 5) is 28.1. The molecule has 1 amide bonds. The van der Waals surface area contributed by atoms with E-state index >= 15 is 0 Å². The standard InChI is InChI=1S/C33H40N6O2.2C2H6/c1-33(2,3)41-32(40)35-17-7-5-8-30-36-21-29(39-30)25-13-11-22-10-12-23(18-26(22)19-25)24-14-15-27-28(20-24)38-31(37-27)9-4-6-16-34;2*1-2/h10-15,18-21H,4-9,16-17,34H2,1-3H3,(H,35,40)(H,36,39)(H,37,38);2*1-2H3. The maximum Gasteiger partial charge on any atom is 0.407 e. The van der Waals surface area contributed by atoms with Gasteiger partial charge in [-0.25, -0.2) is 14.8 Å². The number of unbranched alkanes of at least 4 members (excludes halogenated alkanes) is 2. The van der Waals surface area contributed by atoms with E-state index in [0.29, 0.717) is 13.1 Å². The van der Waals surface area contributed by atoms with Crippen LogP contribution in [0.5, 0.6) is 0 Å². The molecule has 0 unspecified atom stereocenters. The second kappa shape index (κ2) is 17.4. The number of hydrogen-bond acceptors (Lipinski definition) is 5. The van der Waals surface area contributed by atoms with Gasteiger partial charge in [0.15, 0.2) is 0 Å². The predicted molar refractivity (Wildman–Crippen MR) is 188 cm³/mol. The zero-order chi connectivity index (χ0) is 32.8. The summed E-state index contributed by atoms with van der Waals surface area (Å²) in [5.74, 6) is 1.96. The minimum Gasteiger partial charge on any atom is -0.444 e. The molecule has 8 nitrogen and oxygen atoms in total. The number of amides is 1. The number of carbonyl (C=O) groups excluding carboxylic acids is 1. The predicted octanol–water partition coefficient (Wildman–Crippen LogP) is 8.95. The molecule has 0 saturated carbocycles. The van der Waals surface area contributed by atoms with Gasteiger partial charge in [-0.2, -0.15) is 0 Å². The van der Waals surface area contributed by atoms with Gasteiger partial charge in [0.2, 0.25) is 0 Å². The van der Waals surface area contributed by atoms with Gasteiger partial charge in [0.1, 0.15) is 17.2 Å². The SMILES string of the molecule is CC.CC.CC(C)(C)OC(=O)NCCCCc1ncc(-c2ccc3ccc(-c4ccc5nc(CCCCN)[nH]c5c4)cc3c2)[nH]1. The highest BCUT2D eigenvalue weighted by Crippen LogP contribution is 2.30. The number of aromatic amines is 2. The highest BCUT2D eigenvalue weighted by Gasteiger charge is 2.15. The van der Waals surface area contributed by atoms with Crippen LogP contribution in [0, 0.1) is 0 Å². The molecule has 0 atom stereocenters. The summed E-state index contributed by atoms with van der Waals surface area (Å²) in [5, 5.41) is 5.18. The molecule has 0 aliphatic heterocycles. The van der Waals surface area contributed by atoms with Crippen molar-refractivity contribution in [3.8, 4) is 22.4 Å². The molecule has 0 aliphatic rings. The zero-order valence-electron chi connectivity index (χ0n) is 28.2. The topological polar surface area (TPSA) is 122 Å². The van der Waals surface area contributed by atoms with Crippen molar-refractivity contribution in [3.63, 3.8) is 0 Å². The molecule has 0 fully saturated rings. The summed E-state index contributed by atoms with van der Waals surface area (Å²) >= 11 is 0.